The lowest BCUT2D eigenvalue weighted by atomic mass is 10.1. The molecule has 0 N–H and O–H groups in total. The van der Waals surface area contributed by atoms with Crippen LogP contribution in [0.2, 0.25) is 0 Å². The van der Waals surface area contributed by atoms with E-state index in [-0.39, 0.29) is 0 Å². The van der Waals surface area contributed by atoms with Crippen LogP contribution in [-0.4, -0.2) is 32.9 Å². The lowest BCUT2D eigenvalue weighted by Gasteiger charge is -2.20. The third kappa shape index (κ3) is 4.03. The van der Waals surface area contributed by atoms with Gasteiger partial charge in [0, 0.05) is 6.54 Å². The first-order valence-corrected chi connectivity index (χ1v) is 9.09. The highest BCUT2D eigenvalue weighted by Gasteiger charge is 2.11. The van der Waals surface area contributed by atoms with Crippen molar-refractivity contribution in [2.45, 2.75) is 27.1 Å². The number of aromatic nitrogens is 3. The zero-order valence-electron chi connectivity index (χ0n) is 15.4. The van der Waals surface area contributed by atoms with Crippen LogP contribution in [-0.2, 0) is 13.2 Å². The molecule has 0 radical (unpaired) electrons. The van der Waals surface area contributed by atoms with Crippen LogP contribution < -0.4 is 4.74 Å². The van der Waals surface area contributed by atoms with Gasteiger partial charge in [0.15, 0.2) is 0 Å². The van der Waals surface area contributed by atoms with Gasteiger partial charge in [-0.1, -0.05) is 48.9 Å². The van der Waals surface area contributed by atoms with E-state index in [1.807, 2.05) is 33.5 Å². The standard InChI is InChI=1S/C20H24N4OS/c1-4-22(13-17-9-7-8-16(2)12-17)15-24-20(26)23(14-21-24)18-10-5-6-11-19(18)25-3/h5-12,14H,4,13,15H2,1-3H3. The van der Waals surface area contributed by atoms with Crippen molar-refractivity contribution in [2.75, 3.05) is 13.7 Å². The molecule has 0 amide bonds. The highest BCUT2D eigenvalue weighted by atomic mass is 32.1. The number of hydrogen-bond donors (Lipinski definition) is 0. The van der Waals surface area contributed by atoms with Gasteiger partial charge in [-0.2, -0.15) is 5.10 Å². The maximum absolute atomic E-state index is 5.65. The molecular formula is C20H24N4OS. The van der Waals surface area contributed by atoms with Crippen molar-refractivity contribution in [3.63, 3.8) is 0 Å². The summed E-state index contributed by atoms with van der Waals surface area (Å²) < 4.78 is 9.82. The Morgan fingerprint density at radius 3 is 2.69 bits per heavy atom. The molecule has 0 atom stereocenters. The van der Waals surface area contributed by atoms with Gasteiger partial charge in [-0.25, -0.2) is 4.68 Å². The van der Waals surface area contributed by atoms with Crippen molar-refractivity contribution < 1.29 is 4.74 Å². The second-order valence-corrected chi connectivity index (χ2v) is 6.60. The Kier molecular flexibility index (Phi) is 5.85. The Morgan fingerprint density at radius 1 is 1.15 bits per heavy atom. The molecule has 0 aliphatic heterocycles. The van der Waals surface area contributed by atoms with Crippen molar-refractivity contribution in [1.29, 1.82) is 0 Å². The lowest BCUT2D eigenvalue weighted by Crippen LogP contribution is -2.26. The quantitative estimate of drug-likeness (QED) is 0.586. The fourth-order valence-electron chi connectivity index (χ4n) is 2.95. The normalized spacial score (nSPS) is 11.1. The Labute approximate surface area is 159 Å². The fourth-order valence-corrected chi connectivity index (χ4v) is 3.20. The van der Waals surface area contributed by atoms with Gasteiger partial charge in [0.2, 0.25) is 4.77 Å². The minimum absolute atomic E-state index is 0.644. The Bertz CT molecular complexity index is 931. The van der Waals surface area contributed by atoms with Crippen molar-refractivity contribution in [3.8, 4) is 11.4 Å². The summed E-state index contributed by atoms with van der Waals surface area (Å²) in [4.78, 5) is 2.31. The van der Waals surface area contributed by atoms with Gasteiger partial charge in [0.05, 0.1) is 19.5 Å². The second kappa shape index (κ2) is 8.29. The summed E-state index contributed by atoms with van der Waals surface area (Å²) in [7, 11) is 1.66. The van der Waals surface area contributed by atoms with Crippen LogP contribution in [0.15, 0.2) is 54.9 Å². The smallest absolute Gasteiger partial charge is 0.203 e. The summed E-state index contributed by atoms with van der Waals surface area (Å²) >= 11 is 5.65. The van der Waals surface area contributed by atoms with Gasteiger partial charge in [0.25, 0.3) is 0 Å². The number of aryl methyl sites for hydroxylation is 1. The highest BCUT2D eigenvalue weighted by Crippen LogP contribution is 2.22. The number of ether oxygens (including phenoxy) is 1. The van der Waals surface area contributed by atoms with Crippen molar-refractivity contribution in [3.05, 3.63) is 70.8 Å². The first-order chi connectivity index (χ1) is 12.6. The summed E-state index contributed by atoms with van der Waals surface area (Å²) in [5.74, 6) is 0.773. The van der Waals surface area contributed by atoms with Gasteiger partial charge < -0.3 is 4.74 Å². The monoisotopic (exact) mass is 368 g/mol. The number of benzene rings is 2. The molecule has 0 spiro atoms. The van der Waals surface area contributed by atoms with E-state index in [2.05, 4.69) is 48.1 Å². The average Bonchev–Trinajstić information content (AvgIpc) is 3.01. The van der Waals surface area contributed by atoms with Gasteiger partial charge in [-0.3, -0.25) is 9.47 Å². The molecule has 2 aromatic carbocycles. The van der Waals surface area contributed by atoms with Gasteiger partial charge in [-0.15, -0.1) is 0 Å². The van der Waals surface area contributed by atoms with Gasteiger partial charge in [0.1, 0.15) is 12.1 Å². The summed E-state index contributed by atoms with van der Waals surface area (Å²) in [5.41, 5.74) is 3.46. The van der Waals surface area contributed by atoms with Crippen LogP contribution >= 0.6 is 12.2 Å². The molecule has 0 unspecified atom stereocenters. The Hall–Kier alpha value is -2.44. The van der Waals surface area contributed by atoms with Crippen LogP contribution in [0.4, 0.5) is 0 Å². The molecule has 6 heteroatoms. The van der Waals surface area contributed by atoms with Crippen LogP contribution in [0, 0.1) is 11.7 Å². The van der Waals surface area contributed by atoms with E-state index in [9.17, 15) is 0 Å². The van der Waals surface area contributed by atoms with E-state index in [0.717, 1.165) is 24.5 Å². The molecule has 1 heterocycles. The molecule has 3 aromatic rings. The maximum Gasteiger partial charge on any atom is 0.203 e. The third-order valence-electron chi connectivity index (χ3n) is 4.35. The summed E-state index contributed by atoms with van der Waals surface area (Å²) in [6, 6.07) is 16.4. The summed E-state index contributed by atoms with van der Waals surface area (Å²) in [6.45, 7) is 6.69. The van der Waals surface area contributed by atoms with Crippen LogP contribution in [0.5, 0.6) is 5.75 Å². The molecule has 0 fully saturated rings. The SMILES string of the molecule is CCN(Cc1cccc(C)c1)Cn1ncn(-c2ccccc2OC)c1=S. The van der Waals surface area contributed by atoms with Crippen molar-refractivity contribution >= 4 is 12.2 Å². The molecule has 0 aliphatic rings. The zero-order valence-corrected chi connectivity index (χ0v) is 16.2. The second-order valence-electron chi connectivity index (χ2n) is 6.23. The molecule has 3 rings (SSSR count). The first-order valence-electron chi connectivity index (χ1n) is 8.68. The maximum atomic E-state index is 5.65. The minimum atomic E-state index is 0.644. The number of methoxy groups -OCH3 is 1. The number of rotatable bonds is 7. The summed E-state index contributed by atoms with van der Waals surface area (Å²) in [5, 5.41) is 4.49. The van der Waals surface area contributed by atoms with Crippen LogP contribution in [0.3, 0.4) is 0 Å². The van der Waals surface area contributed by atoms with Gasteiger partial charge >= 0.3 is 0 Å². The molecule has 26 heavy (non-hydrogen) atoms. The van der Waals surface area contributed by atoms with Gasteiger partial charge in [-0.05, 0) is 43.4 Å². The van der Waals surface area contributed by atoms with Crippen LogP contribution in [0.25, 0.3) is 5.69 Å². The van der Waals surface area contributed by atoms with E-state index in [1.54, 1.807) is 13.4 Å². The lowest BCUT2D eigenvalue weighted by molar-refractivity contribution is 0.207. The van der Waals surface area contributed by atoms with E-state index < -0.39 is 0 Å². The van der Waals surface area contributed by atoms with E-state index in [1.165, 1.54) is 11.1 Å². The number of nitrogens with zero attached hydrogens (tertiary/aromatic N) is 4. The molecule has 5 nitrogen and oxygen atoms in total. The first kappa shape index (κ1) is 18.4. The largest absolute Gasteiger partial charge is 0.495 e. The minimum Gasteiger partial charge on any atom is -0.495 e. The molecule has 136 valence electrons. The number of para-hydroxylation sites is 2. The van der Waals surface area contributed by atoms with Crippen LogP contribution in [0.1, 0.15) is 18.1 Å². The zero-order chi connectivity index (χ0) is 18.5. The summed E-state index contributed by atoms with van der Waals surface area (Å²) in [6.07, 6.45) is 1.75. The molecule has 0 bridgehead atoms. The van der Waals surface area contributed by atoms with E-state index in [0.29, 0.717) is 11.4 Å². The topological polar surface area (TPSA) is 35.2 Å². The molecule has 0 saturated heterocycles. The van der Waals surface area contributed by atoms with Crippen molar-refractivity contribution in [2.24, 2.45) is 0 Å². The third-order valence-corrected chi connectivity index (χ3v) is 4.76. The molecule has 0 saturated carbocycles. The fraction of sp³-hybridized carbons (Fsp3) is 0.300. The molecule has 1 aromatic heterocycles. The Morgan fingerprint density at radius 2 is 1.96 bits per heavy atom. The molecular weight excluding hydrogens is 344 g/mol. The van der Waals surface area contributed by atoms with Crippen molar-refractivity contribution in [1.82, 2.24) is 19.2 Å². The van der Waals surface area contributed by atoms with E-state index >= 15 is 0 Å². The molecule has 0 aliphatic carbocycles. The highest BCUT2D eigenvalue weighted by molar-refractivity contribution is 7.71. The predicted octanol–water partition coefficient (Wildman–Crippen LogP) is 4.20. The Balaban J connectivity index is 1.82. The predicted molar refractivity (Wildman–Crippen MR) is 106 cm³/mol. The average molecular weight is 369 g/mol. The number of hydrogen-bond acceptors (Lipinski definition) is 4. The van der Waals surface area contributed by atoms with E-state index in [4.69, 9.17) is 17.0 Å².